The summed E-state index contributed by atoms with van der Waals surface area (Å²) in [7, 11) is 0. The minimum absolute atomic E-state index is 0.728. The SMILES string of the molecule is CCCc1nnc2sc(CCn3nnnc3C)nn12. The van der Waals surface area contributed by atoms with Gasteiger partial charge in [-0.05, 0) is 23.8 Å². The van der Waals surface area contributed by atoms with E-state index >= 15 is 0 Å². The first-order valence-corrected chi connectivity index (χ1v) is 7.02. The van der Waals surface area contributed by atoms with Crippen molar-refractivity contribution in [3.05, 3.63) is 16.7 Å². The van der Waals surface area contributed by atoms with Crippen molar-refractivity contribution >= 4 is 16.3 Å². The Bertz CT molecular complexity index is 681. The Morgan fingerprint density at radius 2 is 2.05 bits per heavy atom. The number of rotatable bonds is 5. The molecule has 0 aliphatic heterocycles. The summed E-state index contributed by atoms with van der Waals surface area (Å²) in [6.45, 7) is 4.73. The molecule has 3 aromatic heterocycles. The standard InChI is InChI=1S/C10H14N8S/c1-3-4-8-12-13-10-18(8)14-9(19-10)5-6-17-7(2)11-15-16-17/h3-6H2,1-2H3. The Labute approximate surface area is 113 Å². The van der Waals surface area contributed by atoms with Crippen LogP contribution in [-0.4, -0.2) is 40.0 Å². The molecular formula is C10H14N8S. The molecule has 3 heterocycles. The van der Waals surface area contributed by atoms with E-state index in [1.807, 2.05) is 11.4 Å². The van der Waals surface area contributed by atoms with Gasteiger partial charge >= 0.3 is 0 Å². The van der Waals surface area contributed by atoms with Crippen molar-refractivity contribution in [2.24, 2.45) is 0 Å². The number of tetrazole rings is 1. The van der Waals surface area contributed by atoms with E-state index in [4.69, 9.17) is 0 Å². The average Bonchev–Trinajstić information content (AvgIpc) is 3.05. The Hall–Kier alpha value is -1.90. The van der Waals surface area contributed by atoms with E-state index in [1.54, 1.807) is 16.0 Å². The van der Waals surface area contributed by atoms with Crippen molar-refractivity contribution in [3.63, 3.8) is 0 Å². The summed E-state index contributed by atoms with van der Waals surface area (Å²) in [6, 6.07) is 0. The van der Waals surface area contributed by atoms with Crippen molar-refractivity contribution in [3.8, 4) is 0 Å². The molecule has 3 aromatic rings. The fourth-order valence-electron chi connectivity index (χ4n) is 1.84. The van der Waals surface area contributed by atoms with Gasteiger partial charge in [-0.25, -0.2) is 4.68 Å². The molecule has 0 aromatic carbocycles. The predicted octanol–water partition coefficient (Wildman–Crippen LogP) is 0.676. The van der Waals surface area contributed by atoms with Gasteiger partial charge in [0.15, 0.2) is 5.82 Å². The summed E-state index contributed by atoms with van der Waals surface area (Å²) in [5, 5.41) is 25.2. The smallest absolute Gasteiger partial charge is 0.229 e. The number of hydrogen-bond acceptors (Lipinski definition) is 7. The van der Waals surface area contributed by atoms with Gasteiger partial charge in [-0.15, -0.1) is 15.3 Å². The van der Waals surface area contributed by atoms with Crippen LogP contribution in [0.4, 0.5) is 0 Å². The Balaban J connectivity index is 1.76. The molecular weight excluding hydrogens is 264 g/mol. The molecule has 0 atom stereocenters. The van der Waals surface area contributed by atoms with Crippen molar-refractivity contribution < 1.29 is 0 Å². The molecule has 19 heavy (non-hydrogen) atoms. The zero-order valence-corrected chi connectivity index (χ0v) is 11.6. The Kier molecular flexibility index (Phi) is 3.20. The van der Waals surface area contributed by atoms with Gasteiger partial charge in [-0.3, -0.25) is 0 Å². The Morgan fingerprint density at radius 1 is 1.16 bits per heavy atom. The molecule has 0 spiro atoms. The summed E-state index contributed by atoms with van der Waals surface area (Å²) < 4.78 is 3.62. The van der Waals surface area contributed by atoms with Crippen molar-refractivity contribution in [2.75, 3.05) is 0 Å². The zero-order valence-electron chi connectivity index (χ0n) is 10.8. The van der Waals surface area contributed by atoms with Crippen LogP contribution in [0.1, 0.15) is 30.0 Å². The first kappa shape index (κ1) is 12.2. The monoisotopic (exact) mass is 278 g/mol. The van der Waals surface area contributed by atoms with E-state index < -0.39 is 0 Å². The second kappa shape index (κ2) is 5.00. The van der Waals surface area contributed by atoms with Gasteiger partial charge < -0.3 is 0 Å². The molecule has 3 rings (SSSR count). The fraction of sp³-hybridized carbons (Fsp3) is 0.600. The molecule has 100 valence electrons. The van der Waals surface area contributed by atoms with E-state index in [-0.39, 0.29) is 0 Å². The quantitative estimate of drug-likeness (QED) is 0.682. The lowest BCUT2D eigenvalue weighted by Gasteiger charge is -1.98. The number of hydrogen-bond donors (Lipinski definition) is 0. The highest BCUT2D eigenvalue weighted by Crippen LogP contribution is 2.15. The van der Waals surface area contributed by atoms with Crippen LogP contribution in [0.2, 0.25) is 0 Å². The highest BCUT2D eigenvalue weighted by Gasteiger charge is 2.11. The fourth-order valence-corrected chi connectivity index (χ4v) is 2.68. The van der Waals surface area contributed by atoms with Gasteiger partial charge in [0.2, 0.25) is 4.96 Å². The van der Waals surface area contributed by atoms with E-state index in [2.05, 4.69) is 37.7 Å². The van der Waals surface area contributed by atoms with Crippen LogP contribution < -0.4 is 0 Å². The second-order valence-electron chi connectivity index (χ2n) is 4.26. The Morgan fingerprint density at radius 3 is 2.79 bits per heavy atom. The number of fused-ring (bicyclic) bond motifs is 1. The lowest BCUT2D eigenvalue weighted by molar-refractivity contribution is 0.571. The molecule has 9 heteroatoms. The van der Waals surface area contributed by atoms with Crippen LogP contribution >= 0.6 is 11.3 Å². The van der Waals surface area contributed by atoms with E-state index in [0.717, 1.165) is 47.4 Å². The van der Waals surface area contributed by atoms with E-state index in [0.29, 0.717) is 0 Å². The van der Waals surface area contributed by atoms with Crippen LogP contribution in [0.5, 0.6) is 0 Å². The highest BCUT2D eigenvalue weighted by molar-refractivity contribution is 7.16. The topological polar surface area (TPSA) is 86.7 Å². The largest absolute Gasteiger partial charge is 0.234 e. The van der Waals surface area contributed by atoms with Crippen LogP contribution in [0, 0.1) is 6.92 Å². The van der Waals surface area contributed by atoms with Crippen LogP contribution in [0.25, 0.3) is 4.96 Å². The van der Waals surface area contributed by atoms with Crippen molar-refractivity contribution in [1.82, 2.24) is 40.0 Å². The summed E-state index contributed by atoms with van der Waals surface area (Å²) in [6.07, 6.45) is 2.74. The van der Waals surface area contributed by atoms with Gasteiger partial charge in [-0.2, -0.15) is 9.61 Å². The lowest BCUT2D eigenvalue weighted by atomic mass is 10.3. The summed E-state index contributed by atoms with van der Waals surface area (Å²) in [5.41, 5.74) is 0. The van der Waals surface area contributed by atoms with Crippen molar-refractivity contribution in [2.45, 2.75) is 39.7 Å². The summed E-state index contributed by atoms with van der Waals surface area (Å²) >= 11 is 1.57. The maximum Gasteiger partial charge on any atom is 0.234 e. The van der Waals surface area contributed by atoms with E-state index in [1.165, 1.54) is 0 Å². The third-order valence-electron chi connectivity index (χ3n) is 2.82. The van der Waals surface area contributed by atoms with Crippen LogP contribution in [0.3, 0.4) is 0 Å². The van der Waals surface area contributed by atoms with Crippen LogP contribution in [0.15, 0.2) is 0 Å². The van der Waals surface area contributed by atoms with Gasteiger partial charge in [0.25, 0.3) is 0 Å². The molecule has 0 fully saturated rings. The van der Waals surface area contributed by atoms with Gasteiger partial charge in [0, 0.05) is 12.8 Å². The molecule has 0 amide bonds. The molecule has 0 saturated carbocycles. The third-order valence-corrected chi connectivity index (χ3v) is 3.78. The van der Waals surface area contributed by atoms with Gasteiger partial charge in [0.05, 0.1) is 6.54 Å². The molecule has 0 aliphatic rings. The molecule has 0 aliphatic carbocycles. The molecule has 0 saturated heterocycles. The number of aryl methyl sites for hydroxylation is 4. The second-order valence-corrected chi connectivity index (χ2v) is 5.30. The molecule has 0 bridgehead atoms. The first-order valence-electron chi connectivity index (χ1n) is 6.20. The minimum atomic E-state index is 0.728. The zero-order chi connectivity index (χ0) is 13.2. The molecule has 0 N–H and O–H groups in total. The minimum Gasteiger partial charge on any atom is -0.229 e. The average molecular weight is 278 g/mol. The highest BCUT2D eigenvalue weighted by atomic mass is 32.1. The first-order chi connectivity index (χ1) is 9.28. The molecule has 0 unspecified atom stereocenters. The predicted molar refractivity (Wildman–Crippen MR) is 68.9 cm³/mol. The van der Waals surface area contributed by atoms with Gasteiger partial charge in [-0.1, -0.05) is 18.3 Å². The summed E-state index contributed by atoms with van der Waals surface area (Å²) in [4.78, 5) is 0.854. The van der Waals surface area contributed by atoms with Gasteiger partial charge in [0.1, 0.15) is 10.8 Å². The molecule has 8 nitrogen and oxygen atoms in total. The van der Waals surface area contributed by atoms with E-state index in [9.17, 15) is 0 Å². The molecule has 0 radical (unpaired) electrons. The maximum atomic E-state index is 4.55. The third kappa shape index (κ3) is 2.33. The number of aromatic nitrogens is 8. The normalized spacial score (nSPS) is 11.5. The van der Waals surface area contributed by atoms with Crippen molar-refractivity contribution in [1.29, 1.82) is 0 Å². The lowest BCUT2D eigenvalue weighted by Crippen LogP contribution is -2.06. The maximum absolute atomic E-state index is 4.55. The van der Waals surface area contributed by atoms with Crippen LogP contribution in [-0.2, 0) is 19.4 Å². The summed E-state index contributed by atoms with van der Waals surface area (Å²) in [5.74, 6) is 1.74. The number of nitrogens with zero attached hydrogens (tertiary/aromatic N) is 8.